The Kier molecular flexibility index (Phi) is 22.0. The van der Waals surface area contributed by atoms with Crippen molar-refractivity contribution in [1.82, 2.24) is 44.9 Å². The molecule has 18 aromatic carbocycles. The normalized spacial score (nSPS) is 11.5. The summed E-state index contributed by atoms with van der Waals surface area (Å²) >= 11 is 10.7. The van der Waals surface area contributed by atoms with Crippen LogP contribution in [0.3, 0.4) is 0 Å². The predicted octanol–water partition coefficient (Wildman–Crippen LogP) is 35.4. The molecule has 0 aliphatic carbocycles. The maximum atomic E-state index is 5.33. The Bertz CT molecular complexity index is 9110. The third-order valence-corrected chi connectivity index (χ3v) is 31.9. The van der Waals surface area contributed by atoms with Gasteiger partial charge in [-0.15, -0.1) is 68.0 Å². The SMILES string of the molecule is c1ccc(-c2cc(-c3cccc4sc5c(-c6nc7ccccc7s6)cccc5c34)nc(-c3ccccc3)n2)cc1.c1ccc(-c2ccc(-c3cc(-c4cccc(-c5ccccc5)c4)nc(-c4cccc5sc6c(-c7nc8ccccc8s7)cccc6c45)n3)cc2)cc1.c1ccc(-c2ccc(-c3cc(-c4cccc5sc6c(-c7nc8ccccc8s7)cccc6c45)nc(-c4ccccc4)n3)cc2)cc1. The van der Waals surface area contributed by atoms with E-state index in [2.05, 4.69) is 394 Å². The van der Waals surface area contributed by atoms with Gasteiger partial charge >= 0.3 is 0 Å². The van der Waals surface area contributed by atoms with Crippen LogP contribution >= 0.6 is 68.0 Å². The molecular formula is C123H75N9S6. The van der Waals surface area contributed by atoms with Crippen molar-refractivity contribution in [2.24, 2.45) is 0 Å². The van der Waals surface area contributed by atoms with Crippen molar-refractivity contribution in [1.29, 1.82) is 0 Å². The number of hydrogen-bond acceptors (Lipinski definition) is 15. The minimum atomic E-state index is 0.709. The molecule has 138 heavy (non-hydrogen) atoms. The molecule has 0 unspecified atom stereocenters. The van der Waals surface area contributed by atoms with Crippen molar-refractivity contribution in [3.8, 4) is 167 Å². The summed E-state index contributed by atoms with van der Waals surface area (Å²) in [4.78, 5) is 46.1. The van der Waals surface area contributed by atoms with Crippen molar-refractivity contribution in [3.05, 3.63) is 455 Å². The molecular weight excluding hydrogens is 1800 g/mol. The summed E-state index contributed by atoms with van der Waals surface area (Å²) < 4.78 is 11.0. The highest BCUT2D eigenvalue weighted by Gasteiger charge is 2.25. The van der Waals surface area contributed by atoms with Crippen LogP contribution in [0.5, 0.6) is 0 Å². The Morgan fingerprint density at radius 1 is 0.138 bits per heavy atom. The van der Waals surface area contributed by atoms with E-state index in [0.717, 1.165) is 133 Å². The summed E-state index contributed by atoms with van der Waals surface area (Å²) in [5.41, 5.74) is 28.6. The summed E-state index contributed by atoms with van der Waals surface area (Å²) in [6, 6.07) is 159. The van der Waals surface area contributed by atoms with Crippen LogP contribution < -0.4 is 0 Å². The summed E-state index contributed by atoms with van der Waals surface area (Å²) in [5, 5.41) is 10.4. The Balaban J connectivity index is 0.000000111. The van der Waals surface area contributed by atoms with Crippen molar-refractivity contribution in [2.75, 3.05) is 0 Å². The first-order valence-electron chi connectivity index (χ1n) is 45.6. The predicted molar refractivity (Wildman–Crippen MR) is 586 cm³/mol. The molecule has 0 N–H and O–H groups in total. The largest absolute Gasteiger partial charge is 0.236 e. The molecule has 0 saturated carbocycles. The Labute approximate surface area is 818 Å². The number of hydrogen-bond donors (Lipinski definition) is 0. The lowest BCUT2D eigenvalue weighted by atomic mass is 9.99. The van der Waals surface area contributed by atoms with Crippen molar-refractivity contribution in [3.63, 3.8) is 0 Å². The molecule has 27 rings (SSSR count). The van der Waals surface area contributed by atoms with E-state index in [0.29, 0.717) is 11.6 Å². The van der Waals surface area contributed by atoms with E-state index >= 15 is 0 Å². The van der Waals surface area contributed by atoms with Gasteiger partial charge in [0.2, 0.25) is 0 Å². The third-order valence-electron chi connectivity index (χ3n) is 25.1. The van der Waals surface area contributed by atoms with Gasteiger partial charge < -0.3 is 0 Å². The number of fused-ring (bicyclic) bond motifs is 12. The molecule has 9 nitrogen and oxygen atoms in total. The Morgan fingerprint density at radius 3 is 0.768 bits per heavy atom. The zero-order chi connectivity index (χ0) is 91.4. The first-order valence-corrected chi connectivity index (χ1v) is 50.5. The fourth-order valence-corrected chi connectivity index (χ4v) is 25.3. The van der Waals surface area contributed by atoms with E-state index in [-0.39, 0.29) is 0 Å². The maximum absolute atomic E-state index is 5.33. The Morgan fingerprint density at radius 2 is 0.384 bits per heavy atom. The van der Waals surface area contributed by atoms with E-state index in [1.807, 2.05) is 94.7 Å². The zero-order valence-electron chi connectivity index (χ0n) is 73.8. The highest BCUT2D eigenvalue weighted by atomic mass is 32.1. The van der Waals surface area contributed by atoms with Crippen LogP contribution in [-0.2, 0) is 0 Å². The summed E-state index contributed by atoms with van der Waals surface area (Å²) in [6.45, 7) is 0. The number of thiazole rings is 3. The van der Waals surface area contributed by atoms with E-state index in [9.17, 15) is 0 Å². The number of nitrogens with zero attached hydrogens (tertiary/aromatic N) is 9. The van der Waals surface area contributed by atoms with Gasteiger partial charge in [-0.1, -0.05) is 376 Å². The first-order chi connectivity index (χ1) is 68.3. The smallest absolute Gasteiger partial charge is 0.161 e. The van der Waals surface area contributed by atoms with Gasteiger partial charge in [0.15, 0.2) is 17.5 Å². The average Bonchev–Trinajstić information content (AvgIpc) is 1.60. The number of aromatic nitrogens is 9. The maximum Gasteiger partial charge on any atom is 0.161 e. The molecule has 0 fully saturated rings. The van der Waals surface area contributed by atoms with Crippen LogP contribution in [0.2, 0.25) is 0 Å². The average molecular weight is 1870 g/mol. The summed E-state index contributed by atoms with van der Waals surface area (Å²) in [6.07, 6.45) is 0. The van der Waals surface area contributed by atoms with E-state index in [1.54, 1.807) is 34.0 Å². The van der Waals surface area contributed by atoms with Crippen LogP contribution in [0.25, 0.3) is 258 Å². The van der Waals surface area contributed by atoms with Crippen LogP contribution in [0, 0.1) is 0 Å². The summed E-state index contributed by atoms with van der Waals surface area (Å²) in [5.74, 6) is 2.15. The number of para-hydroxylation sites is 3. The fraction of sp³-hybridized carbons (Fsp3) is 0. The first kappa shape index (κ1) is 83.4. The molecule has 9 aromatic heterocycles. The molecule has 0 bridgehead atoms. The molecule has 0 saturated heterocycles. The van der Waals surface area contributed by atoms with Crippen LogP contribution in [0.4, 0.5) is 0 Å². The van der Waals surface area contributed by atoms with E-state index in [1.165, 1.54) is 114 Å². The molecule has 0 aliphatic heterocycles. The fourth-order valence-electron chi connectivity index (χ4n) is 18.4. The Hall–Kier alpha value is -16.5. The number of thiophene rings is 3. The van der Waals surface area contributed by atoms with Gasteiger partial charge in [0, 0.05) is 127 Å². The van der Waals surface area contributed by atoms with Gasteiger partial charge in [0.25, 0.3) is 0 Å². The van der Waals surface area contributed by atoms with E-state index in [4.69, 9.17) is 44.9 Å². The van der Waals surface area contributed by atoms with Gasteiger partial charge in [-0.05, 0) is 112 Å². The van der Waals surface area contributed by atoms with Crippen LogP contribution in [0.1, 0.15) is 0 Å². The lowest BCUT2D eigenvalue weighted by Crippen LogP contribution is -1.96. The van der Waals surface area contributed by atoms with Crippen molar-refractivity contribution < 1.29 is 0 Å². The van der Waals surface area contributed by atoms with E-state index < -0.39 is 0 Å². The third kappa shape index (κ3) is 16.1. The lowest BCUT2D eigenvalue weighted by molar-refractivity contribution is 1.18. The van der Waals surface area contributed by atoms with Crippen molar-refractivity contribution >= 4 is 159 Å². The van der Waals surface area contributed by atoms with Gasteiger partial charge in [0.05, 0.1) is 64.8 Å². The second kappa shape index (κ2) is 36.4. The molecule has 648 valence electrons. The second-order valence-corrected chi connectivity index (χ2v) is 39.9. The standard InChI is InChI=1S/C47H29N3S2.C41H25N3S2.C35H21N3S2/c1-3-12-30(13-4-1)32-24-26-33(27-25-32)40-29-41(35-17-9-16-34(28-35)31-14-5-2-6-15-31)49-46(48-40)37-19-11-23-43-44(37)36-18-10-20-38(45(36)51-43)47-50-39-21-7-8-22-42(39)52-47;1-3-11-26(12-4-1)27-21-23-28(24-22-27)34-25-35(43-40(42-34)29-13-5-2-6-14-29)30-15-10-20-37-38(30)31-16-9-17-32(39(31)45-37)41-44-33-18-7-8-19-36(33)46-41;1-3-11-22(12-4-1)28-21-29(37-34(36-28)23-13-5-2-6-14-23)24-15-10-20-31-32(24)25-16-9-17-26(33(25)39-31)35-38-27-18-7-8-19-30(27)40-35/h1-29H;1-25H;1-21H. The molecule has 0 radical (unpaired) electrons. The molecule has 0 amide bonds. The quantitative estimate of drug-likeness (QED) is 0.0989. The molecule has 15 heteroatoms. The highest BCUT2D eigenvalue weighted by molar-refractivity contribution is 7.29. The molecule has 0 atom stereocenters. The summed E-state index contributed by atoms with van der Waals surface area (Å²) in [7, 11) is 0. The zero-order valence-corrected chi connectivity index (χ0v) is 78.7. The van der Waals surface area contributed by atoms with Crippen molar-refractivity contribution in [2.45, 2.75) is 0 Å². The van der Waals surface area contributed by atoms with Gasteiger partial charge in [0.1, 0.15) is 15.0 Å². The molecule has 0 spiro atoms. The number of rotatable bonds is 15. The second-order valence-electron chi connectivity index (χ2n) is 33.7. The van der Waals surface area contributed by atoms with Gasteiger partial charge in [-0.3, -0.25) is 0 Å². The van der Waals surface area contributed by atoms with Crippen LogP contribution in [-0.4, -0.2) is 44.9 Å². The number of benzene rings is 18. The topological polar surface area (TPSA) is 116 Å². The minimum Gasteiger partial charge on any atom is -0.236 e. The monoisotopic (exact) mass is 1870 g/mol. The molecule has 27 aromatic rings. The van der Waals surface area contributed by atoms with Gasteiger partial charge in [-0.2, -0.15) is 0 Å². The highest BCUT2D eigenvalue weighted by Crippen LogP contribution is 2.51. The molecule has 9 heterocycles. The van der Waals surface area contributed by atoms with Crippen LogP contribution in [0.15, 0.2) is 455 Å². The minimum absolute atomic E-state index is 0.709. The lowest BCUT2D eigenvalue weighted by Gasteiger charge is -2.12. The molecule has 0 aliphatic rings. The van der Waals surface area contributed by atoms with Gasteiger partial charge in [-0.25, -0.2) is 44.9 Å².